The molecule has 5 rings (SSSR count). The van der Waals surface area contributed by atoms with Gasteiger partial charge in [-0.2, -0.15) is 9.97 Å². The topological polar surface area (TPSA) is 77.8 Å². The van der Waals surface area contributed by atoms with Crippen LogP contribution in [0.15, 0.2) is 104 Å². The van der Waals surface area contributed by atoms with Gasteiger partial charge in [0.05, 0.1) is 0 Å². The summed E-state index contributed by atoms with van der Waals surface area (Å²) in [5.41, 5.74) is 4.28. The zero-order valence-electron chi connectivity index (χ0n) is 16.9. The molecule has 6 nitrogen and oxygen atoms in total. The van der Waals surface area contributed by atoms with Crippen LogP contribution in [0.1, 0.15) is 11.1 Å². The minimum Gasteiger partial charge on any atom is -0.327 e. The molecule has 32 heavy (non-hydrogen) atoms. The van der Waals surface area contributed by atoms with E-state index in [0.717, 1.165) is 22.6 Å². The maximum Gasteiger partial charge on any atom is 0.286 e. The molecule has 0 fully saturated rings. The minimum absolute atomic E-state index is 0.552. The summed E-state index contributed by atoms with van der Waals surface area (Å²) in [6.45, 7) is 0. The van der Waals surface area contributed by atoms with E-state index >= 15 is 0 Å². The van der Waals surface area contributed by atoms with Gasteiger partial charge in [0.2, 0.25) is 11.6 Å². The number of aromatic nitrogens is 4. The van der Waals surface area contributed by atoms with Gasteiger partial charge in [0.25, 0.3) is 10.4 Å². The second-order valence-electron chi connectivity index (χ2n) is 6.85. The first-order chi connectivity index (χ1) is 15.8. The first kappa shape index (κ1) is 20.5. The second-order valence-corrected chi connectivity index (χ2v) is 8.70. The lowest BCUT2D eigenvalue weighted by Crippen LogP contribution is -1.90. The van der Waals surface area contributed by atoms with E-state index in [1.165, 1.54) is 34.7 Å². The van der Waals surface area contributed by atoms with Crippen LogP contribution >= 0.6 is 23.5 Å². The predicted molar refractivity (Wildman–Crippen MR) is 125 cm³/mol. The standard InChI is InChI=1S/C24H18N4O2S2/c1-3-9-17(10-4-1)21-25-23(29-27-21)31-15-19-13-7-8-14-20(19)16-32-24-26-22(28-30-24)18-11-5-2-6-12-18/h1-14H,15-16H2. The minimum atomic E-state index is 0.552. The van der Waals surface area contributed by atoms with Crippen molar-refractivity contribution < 1.29 is 9.05 Å². The lowest BCUT2D eigenvalue weighted by molar-refractivity contribution is 0.341. The highest BCUT2D eigenvalue weighted by Gasteiger charge is 2.13. The summed E-state index contributed by atoms with van der Waals surface area (Å²) in [7, 11) is 0. The van der Waals surface area contributed by atoms with Gasteiger partial charge in [-0.25, -0.2) is 0 Å². The van der Waals surface area contributed by atoms with Crippen LogP contribution in [0, 0.1) is 0 Å². The average molecular weight is 459 g/mol. The Morgan fingerprint density at radius 1 is 0.531 bits per heavy atom. The Balaban J connectivity index is 1.22. The van der Waals surface area contributed by atoms with Crippen LogP contribution in [0.3, 0.4) is 0 Å². The first-order valence-corrected chi connectivity index (χ1v) is 11.9. The van der Waals surface area contributed by atoms with Crippen LogP contribution < -0.4 is 0 Å². The molecule has 0 spiro atoms. The van der Waals surface area contributed by atoms with Crippen molar-refractivity contribution >= 4 is 23.5 Å². The molecule has 2 aromatic heterocycles. The van der Waals surface area contributed by atoms with Crippen molar-refractivity contribution in [1.29, 1.82) is 0 Å². The third-order valence-electron chi connectivity index (χ3n) is 4.70. The van der Waals surface area contributed by atoms with Crippen LogP contribution in [-0.2, 0) is 11.5 Å². The predicted octanol–water partition coefficient (Wildman–Crippen LogP) is 6.37. The van der Waals surface area contributed by atoms with Crippen molar-refractivity contribution in [2.75, 3.05) is 0 Å². The number of benzene rings is 3. The highest BCUT2D eigenvalue weighted by molar-refractivity contribution is 7.98. The normalized spacial score (nSPS) is 11.0. The maximum atomic E-state index is 5.42. The van der Waals surface area contributed by atoms with E-state index in [1.807, 2.05) is 72.8 Å². The fraction of sp³-hybridized carbons (Fsp3) is 0.0833. The van der Waals surface area contributed by atoms with Gasteiger partial charge in [0, 0.05) is 22.6 Å². The number of hydrogen-bond donors (Lipinski definition) is 0. The van der Waals surface area contributed by atoms with E-state index in [2.05, 4.69) is 32.4 Å². The fourth-order valence-corrected chi connectivity index (χ4v) is 4.67. The Hall–Kier alpha value is -3.36. The molecular formula is C24H18N4O2S2. The lowest BCUT2D eigenvalue weighted by atomic mass is 10.1. The van der Waals surface area contributed by atoms with Gasteiger partial charge in [0.1, 0.15) is 0 Å². The van der Waals surface area contributed by atoms with Crippen LogP contribution in [0.4, 0.5) is 0 Å². The van der Waals surface area contributed by atoms with Crippen LogP contribution in [0.2, 0.25) is 0 Å². The molecular weight excluding hydrogens is 440 g/mol. The first-order valence-electron chi connectivity index (χ1n) is 9.96. The van der Waals surface area contributed by atoms with Crippen molar-refractivity contribution in [2.45, 2.75) is 22.0 Å². The van der Waals surface area contributed by atoms with Crippen LogP contribution in [-0.4, -0.2) is 20.3 Å². The Bertz CT molecular complexity index is 1190. The number of rotatable bonds is 8. The summed E-state index contributed by atoms with van der Waals surface area (Å²) in [5.74, 6) is 2.66. The molecule has 0 amide bonds. The summed E-state index contributed by atoms with van der Waals surface area (Å²) >= 11 is 3.05. The van der Waals surface area contributed by atoms with E-state index < -0.39 is 0 Å². The van der Waals surface area contributed by atoms with E-state index in [0.29, 0.717) is 22.1 Å². The fourth-order valence-electron chi connectivity index (χ4n) is 3.06. The Morgan fingerprint density at radius 2 is 0.938 bits per heavy atom. The van der Waals surface area contributed by atoms with Crippen molar-refractivity contribution in [3.63, 3.8) is 0 Å². The SMILES string of the molecule is c1ccc(-c2noc(SCc3ccccc3CSc3nc(-c4ccccc4)no3)n2)cc1. The molecule has 0 radical (unpaired) electrons. The summed E-state index contributed by atoms with van der Waals surface area (Å²) in [5, 5.41) is 9.27. The summed E-state index contributed by atoms with van der Waals surface area (Å²) in [6.07, 6.45) is 0. The maximum absolute atomic E-state index is 5.42. The third kappa shape index (κ3) is 4.92. The number of thioether (sulfide) groups is 2. The average Bonchev–Trinajstić information content (AvgIpc) is 3.53. The van der Waals surface area contributed by atoms with Gasteiger partial charge in [-0.3, -0.25) is 0 Å². The number of hydrogen-bond acceptors (Lipinski definition) is 8. The highest BCUT2D eigenvalue weighted by Crippen LogP contribution is 2.29. The second kappa shape index (κ2) is 9.84. The molecule has 5 aromatic rings. The van der Waals surface area contributed by atoms with E-state index in [1.54, 1.807) is 0 Å². The van der Waals surface area contributed by atoms with Crippen molar-refractivity contribution in [1.82, 2.24) is 20.3 Å². The Kier molecular flexibility index (Phi) is 6.32. The van der Waals surface area contributed by atoms with E-state index in [9.17, 15) is 0 Å². The lowest BCUT2D eigenvalue weighted by Gasteiger charge is -2.06. The van der Waals surface area contributed by atoms with Crippen molar-refractivity contribution in [3.05, 3.63) is 96.1 Å². The quantitative estimate of drug-likeness (QED) is 0.248. The van der Waals surface area contributed by atoms with E-state index in [-0.39, 0.29) is 0 Å². The summed E-state index contributed by atoms with van der Waals surface area (Å²) in [4.78, 5) is 8.99. The van der Waals surface area contributed by atoms with Gasteiger partial charge >= 0.3 is 0 Å². The molecule has 0 atom stereocenters. The molecule has 0 unspecified atom stereocenters. The third-order valence-corrected chi connectivity index (χ3v) is 6.44. The largest absolute Gasteiger partial charge is 0.327 e. The molecule has 0 saturated heterocycles. The number of nitrogens with zero attached hydrogens (tertiary/aromatic N) is 4. The van der Waals surface area contributed by atoms with Gasteiger partial charge in [-0.05, 0) is 11.1 Å². The molecule has 0 aliphatic carbocycles. The highest BCUT2D eigenvalue weighted by atomic mass is 32.2. The summed E-state index contributed by atoms with van der Waals surface area (Å²) < 4.78 is 10.8. The monoisotopic (exact) mass is 458 g/mol. The van der Waals surface area contributed by atoms with Crippen LogP contribution in [0.25, 0.3) is 22.8 Å². The molecule has 0 aliphatic heterocycles. The zero-order valence-corrected chi connectivity index (χ0v) is 18.6. The smallest absolute Gasteiger partial charge is 0.286 e. The molecule has 158 valence electrons. The molecule has 0 saturated carbocycles. The molecule has 2 heterocycles. The van der Waals surface area contributed by atoms with Crippen LogP contribution in [0.5, 0.6) is 0 Å². The van der Waals surface area contributed by atoms with Gasteiger partial charge in [-0.15, -0.1) is 0 Å². The Morgan fingerprint density at radius 3 is 1.38 bits per heavy atom. The molecule has 8 heteroatoms. The summed E-state index contributed by atoms with van der Waals surface area (Å²) in [6, 6.07) is 27.9. The molecule has 0 bridgehead atoms. The van der Waals surface area contributed by atoms with Gasteiger partial charge < -0.3 is 9.05 Å². The van der Waals surface area contributed by atoms with Gasteiger partial charge in [-0.1, -0.05) is 119 Å². The molecule has 0 aliphatic rings. The zero-order chi connectivity index (χ0) is 21.6. The van der Waals surface area contributed by atoms with Crippen molar-refractivity contribution in [3.8, 4) is 22.8 Å². The van der Waals surface area contributed by atoms with Gasteiger partial charge in [0.15, 0.2) is 0 Å². The van der Waals surface area contributed by atoms with E-state index in [4.69, 9.17) is 9.05 Å². The molecule has 3 aromatic carbocycles. The van der Waals surface area contributed by atoms with Crippen molar-refractivity contribution in [2.24, 2.45) is 0 Å². The molecule has 0 N–H and O–H groups in total. The Labute approximate surface area is 193 Å².